The Balaban J connectivity index is 2.51. The molecule has 72 valence electrons. The van der Waals surface area contributed by atoms with Crippen LogP contribution in [-0.2, 0) is 6.61 Å². The minimum absolute atomic E-state index is 0.00850. The number of hydrogen-bond acceptors (Lipinski definition) is 3. The summed E-state index contributed by atoms with van der Waals surface area (Å²) in [4.78, 5) is 5.35. The second-order valence-electron chi connectivity index (χ2n) is 3.03. The van der Waals surface area contributed by atoms with Gasteiger partial charge in [0.2, 0.25) is 0 Å². The molecule has 1 N–H and O–H groups in total. The average Bonchev–Trinajstić information content (AvgIpc) is 2.61. The molecule has 0 saturated carbocycles. The van der Waals surface area contributed by atoms with Crippen LogP contribution in [0.3, 0.4) is 0 Å². The summed E-state index contributed by atoms with van der Waals surface area (Å²) in [5.41, 5.74) is 1.90. The molecule has 0 radical (unpaired) electrons. The molecule has 2 rings (SSSR count). The summed E-state index contributed by atoms with van der Waals surface area (Å²) >= 11 is 1.62. The number of aliphatic hydroxyl groups excluding tert-OH is 1. The maximum absolute atomic E-state index is 9.14. The molecule has 0 atom stereocenters. The third kappa shape index (κ3) is 1.69. The van der Waals surface area contributed by atoms with E-state index in [0.717, 1.165) is 21.1 Å². The van der Waals surface area contributed by atoms with E-state index in [2.05, 4.69) is 4.98 Å². The lowest BCUT2D eigenvalue weighted by Crippen LogP contribution is -1.86. The first-order chi connectivity index (χ1) is 6.81. The molecule has 0 spiro atoms. The molecule has 0 aliphatic carbocycles. The lowest BCUT2D eigenvalue weighted by atomic mass is 10.1. The molecule has 0 unspecified atom stereocenters. The van der Waals surface area contributed by atoms with Crippen molar-refractivity contribution in [3.05, 3.63) is 41.0 Å². The zero-order chi connectivity index (χ0) is 9.97. The number of aromatic nitrogens is 1. The van der Waals surface area contributed by atoms with Crippen molar-refractivity contribution < 1.29 is 5.11 Å². The van der Waals surface area contributed by atoms with Gasteiger partial charge in [0.15, 0.2) is 0 Å². The number of thiazole rings is 1. The largest absolute Gasteiger partial charge is 0.390 e. The fraction of sp³-hybridized carbons (Fsp3) is 0.182. The molecule has 0 bridgehead atoms. The van der Waals surface area contributed by atoms with E-state index < -0.39 is 0 Å². The zero-order valence-corrected chi connectivity index (χ0v) is 8.71. The molecule has 3 heteroatoms. The van der Waals surface area contributed by atoms with Gasteiger partial charge < -0.3 is 5.11 Å². The molecule has 0 aliphatic heterocycles. The van der Waals surface area contributed by atoms with Crippen LogP contribution >= 0.6 is 11.3 Å². The Morgan fingerprint density at radius 2 is 2.00 bits per heavy atom. The van der Waals surface area contributed by atoms with E-state index in [1.54, 1.807) is 11.3 Å². The van der Waals surface area contributed by atoms with Gasteiger partial charge in [-0.25, -0.2) is 4.98 Å². The van der Waals surface area contributed by atoms with E-state index in [9.17, 15) is 0 Å². The number of nitrogens with zero attached hydrogens (tertiary/aromatic N) is 1. The van der Waals surface area contributed by atoms with Crippen LogP contribution in [0.2, 0.25) is 0 Å². The van der Waals surface area contributed by atoms with Crippen LogP contribution in [0.4, 0.5) is 0 Å². The van der Waals surface area contributed by atoms with Crippen molar-refractivity contribution in [1.29, 1.82) is 0 Å². The van der Waals surface area contributed by atoms with E-state index >= 15 is 0 Å². The van der Waals surface area contributed by atoms with E-state index in [4.69, 9.17) is 5.11 Å². The average molecular weight is 205 g/mol. The van der Waals surface area contributed by atoms with Crippen LogP contribution in [0.5, 0.6) is 0 Å². The van der Waals surface area contributed by atoms with Crippen molar-refractivity contribution in [1.82, 2.24) is 4.98 Å². The Bertz CT molecular complexity index is 422. The second kappa shape index (κ2) is 3.90. The summed E-state index contributed by atoms with van der Waals surface area (Å²) in [6.07, 6.45) is 0. The van der Waals surface area contributed by atoms with E-state index in [0.29, 0.717) is 0 Å². The lowest BCUT2D eigenvalue weighted by molar-refractivity contribution is 0.278. The molecule has 1 aromatic carbocycles. The molecular formula is C11H11NOS. The molecule has 0 aliphatic rings. The van der Waals surface area contributed by atoms with Gasteiger partial charge in [-0.3, -0.25) is 0 Å². The van der Waals surface area contributed by atoms with Crippen LogP contribution in [0.15, 0.2) is 30.3 Å². The third-order valence-corrected chi connectivity index (χ3v) is 3.05. The highest BCUT2D eigenvalue weighted by molar-refractivity contribution is 7.15. The van der Waals surface area contributed by atoms with Crippen molar-refractivity contribution in [2.24, 2.45) is 0 Å². The summed E-state index contributed by atoms with van der Waals surface area (Å²) in [5, 5.41) is 10.1. The molecule has 1 heterocycles. The van der Waals surface area contributed by atoms with Crippen molar-refractivity contribution in [3.8, 4) is 10.4 Å². The van der Waals surface area contributed by atoms with Gasteiger partial charge in [-0.15, -0.1) is 11.3 Å². The molecule has 0 fully saturated rings. The van der Waals surface area contributed by atoms with E-state index in [-0.39, 0.29) is 6.61 Å². The fourth-order valence-corrected chi connectivity index (χ4v) is 2.33. The normalized spacial score (nSPS) is 10.4. The van der Waals surface area contributed by atoms with Crippen LogP contribution < -0.4 is 0 Å². The Labute approximate surface area is 86.9 Å². The topological polar surface area (TPSA) is 33.1 Å². The van der Waals surface area contributed by atoms with Gasteiger partial charge in [-0.2, -0.15) is 0 Å². The van der Waals surface area contributed by atoms with Gasteiger partial charge in [0, 0.05) is 0 Å². The van der Waals surface area contributed by atoms with Gasteiger partial charge in [0.1, 0.15) is 0 Å². The summed E-state index contributed by atoms with van der Waals surface area (Å²) < 4.78 is 0. The first-order valence-corrected chi connectivity index (χ1v) is 5.25. The van der Waals surface area contributed by atoms with Crippen LogP contribution in [-0.4, -0.2) is 10.1 Å². The predicted molar refractivity (Wildman–Crippen MR) is 58.2 cm³/mol. The first kappa shape index (κ1) is 9.37. The smallest absolute Gasteiger partial charge is 0.0904 e. The standard InChI is InChI=1S/C11H11NOS/c1-8-12-10(7-13)11(14-8)9-5-3-2-4-6-9/h2-6,13H,7H2,1H3. The van der Waals surface area contributed by atoms with Gasteiger partial charge in [-0.1, -0.05) is 30.3 Å². The molecule has 0 saturated heterocycles. The van der Waals surface area contributed by atoms with Crippen molar-refractivity contribution in [2.75, 3.05) is 0 Å². The lowest BCUT2D eigenvalue weighted by Gasteiger charge is -1.98. The fourth-order valence-electron chi connectivity index (χ4n) is 1.39. The minimum Gasteiger partial charge on any atom is -0.390 e. The monoisotopic (exact) mass is 205 g/mol. The third-order valence-electron chi connectivity index (χ3n) is 1.99. The van der Waals surface area contributed by atoms with E-state index in [1.165, 1.54) is 0 Å². The first-order valence-electron chi connectivity index (χ1n) is 4.44. The number of aryl methyl sites for hydroxylation is 1. The minimum atomic E-state index is 0.00850. The van der Waals surface area contributed by atoms with Crippen LogP contribution in [0.1, 0.15) is 10.7 Å². The van der Waals surface area contributed by atoms with Crippen molar-refractivity contribution >= 4 is 11.3 Å². The van der Waals surface area contributed by atoms with Gasteiger partial charge in [0.25, 0.3) is 0 Å². The molecule has 0 amide bonds. The van der Waals surface area contributed by atoms with Gasteiger partial charge in [-0.05, 0) is 12.5 Å². The highest BCUT2D eigenvalue weighted by atomic mass is 32.1. The van der Waals surface area contributed by atoms with Gasteiger partial charge in [0.05, 0.1) is 22.2 Å². The summed E-state index contributed by atoms with van der Waals surface area (Å²) in [6.45, 7) is 1.96. The van der Waals surface area contributed by atoms with Gasteiger partial charge >= 0.3 is 0 Å². The number of benzene rings is 1. The number of rotatable bonds is 2. The number of aliphatic hydroxyl groups is 1. The van der Waals surface area contributed by atoms with E-state index in [1.807, 2.05) is 37.3 Å². The predicted octanol–water partition coefficient (Wildman–Crippen LogP) is 2.61. The Kier molecular flexibility index (Phi) is 2.61. The molecule has 2 nitrogen and oxygen atoms in total. The Morgan fingerprint density at radius 1 is 1.29 bits per heavy atom. The number of hydrogen-bond donors (Lipinski definition) is 1. The highest BCUT2D eigenvalue weighted by Gasteiger charge is 2.09. The van der Waals surface area contributed by atoms with Crippen LogP contribution in [0, 0.1) is 6.92 Å². The summed E-state index contributed by atoms with van der Waals surface area (Å²) in [5.74, 6) is 0. The maximum atomic E-state index is 9.14. The summed E-state index contributed by atoms with van der Waals surface area (Å²) in [6, 6.07) is 10.0. The van der Waals surface area contributed by atoms with Crippen molar-refractivity contribution in [3.63, 3.8) is 0 Å². The Morgan fingerprint density at radius 3 is 2.64 bits per heavy atom. The summed E-state index contributed by atoms with van der Waals surface area (Å²) in [7, 11) is 0. The molecule has 14 heavy (non-hydrogen) atoms. The van der Waals surface area contributed by atoms with Crippen LogP contribution in [0.25, 0.3) is 10.4 Å². The quantitative estimate of drug-likeness (QED) is 0.817. The molecule has 1 aromatic heterocycles. The van der Waals surface area contributed by atoms with Crippen molar-refractivity contribution in [2.45, 2.75) is 13.5 Å². The Hall–Kier alpha value is -1.19. The highest BCUT2D eigenvalue weighted by Crippen LogP contribution is 2.29. The SMILES string of the molecule is Cc1nc(CO)c(-c2ccccc2)s1. The molecular weight excluding hydrogens is 194 g/mol. The molecule has 2 aromatic rings. The zero-order valence-electron chi connectivity index (χ0n) is 7.90. The maximum Gasteiger partial charge on any atom is 0.0904 e. The second-order valence-corrected chi connectivity index (χ2v) is 4.24.